The molecular weight excluding hydrogens is 204 g/mol. The highest BCUT2D eigenvalue weighted by molar-refractivity contribution is 7.20. The van der Waals surface area contributed by atoms with E-state index in [-0.39, 0.29) is 0 Å². The number of carbonyl (C=O) groups is 1. The first-order valence-electron chi connectivity index (χ1n) is 5.35. The van der Waals surface area contributed by atoms with Crippen LogP contribution in [0.5, 0.6) is 0 Å². The molecule has 0 atom stereocenters. The largest absolute Gasteiger partial charge is 0.293 e. The lowest BCUT2D eigenvalue weighted by atomic mass is 10.1. The van der Waals surface area contributed by atoms with Crippen LogP contribution in [0.25, 0.3) is 10.1 Å². The summed E-state index contributed by atoms with van der Waals surface area (Å²) < 4.78 is 1.22. The maximum Gasteiger partial charge on any atom is 0.173 e. The zero-order chi connectivity index (χ0) is 10.3. The van der Waals surface area contributed by atoms with Crippen molar-refractivity contribution in [3.63, 3.8) is 0 Å². The molecule has 1 aromatic carbocycles. The lowest BCUT2D eigenvalue weighted by Gasteiger charge is -1.92. The molecule has 1 aromatic heterocycles. The standard InChI is InChI=1S/C13H12OS/c14-11(7-9-5-6-9)13-8-10-3-1-2-4-12(10)15-13/h1-4,8-9H,5-7H2. The normalized spacial score (nSPS) is 15.7. The monoisotopic (exact) mass is 216 g/mol. The van der Waals surface area contributed by atoms with Crippen LogP contribution in [-0.2, 0) is 0 Å². The molecule has 0 aliphatic heterocycles. The zero-order valence-corrected chi connectivity index (χ0v) is 9.22. The van der Waals surface area contributed by atoms with Gasteiger partial charge in [0.15, 0.2) is 5.78 Å². The van der Waals surface area contributed by atoms with E-state index in [2.05, 4.69) is 12.1 Å². The first-order valence-corrected chi connectivity index (χ1v) is 6.16. The number of thiophene rings is 1. The Bertz CT molecular complexity index is 475. The molecule has 1 heterocycles. The third-order valence-corrected chi connectivity index (χ3v) is 4.03. The van der Waals surface area contributed by atoms with E-state index in [1.165, 1.54) is 22.9 Å². The topological polar surface area (TPSA) is 17.1 Å². The minimum absolute atomic E-state index is 0.332. The van der Waals surface area contributed by atoms with Crippen molar-refractivity contribution in [1.29, 1.82) is 0 Å². The van der Waals surface area contributed by atoms with E-state index in [4.69, 9.17) is 0 Å². The predicted octanol–water partition coefficient (Wildman–Crippen LogP) is 3.88. The molecule has 0 amide bonds. The van der Waals surface area contributed by atoms with Crippen LogP contribution in [0.3, 0.4) is 0 Å². The van der Waals surface area contributed by atoms with Gasteiger partial charge < -0.3 is 0 Å². The zero-order valence-electron chi connectivity index (χ0n) is 8.40. The van der Waals surface area contributed by atoms with Crippen molar-refractivity contribution in [3.05, 3.63) is 35.2 Å². The van der Waals surface area contributed by atoms with Crippen LogP contribution in [0.4, 0.5) is 0 Å². The Morgan fingerprint density at radius 1 is 1.33 bits per heavy atom. The first-order chi connectivity index (χ1) is 7.33. The molecule has 0 unspecified atom stereocenters. The van der Waals surface area contributed by atoms with Crippen LogP contribution in [0.2, 0.25) is 0 Å². The van der Waals surface area contributed by atoms with E-state index in [0.717, 1.165) is 11.3 Å². The number of rotatable bonds is 3. The van der Waals surface area contributed by atoms with E-state index in [0.29, 0.717) is 11.7 Å². The van der Waals surface area contributed by atoms with Crippen LogP contribution in [0.1, 0.15) is 28.9 Å². The molecule has 2 aromatic rings. The summed E-state index contributed by atoms with van der Waals surface area (Å²) in [6, 6.07) is 10.2. The highest BCUT2D eigenvalue weighted by Gasteiger charge is 2.25. The summed E-state index contributed by atoms with van der Waals surface area (Å²) in [4.78, 5) is 12.8. The summed E-state index contributed by atoms with van der Waals surface area (Å²) in [5.41, 5.74) is 0. The molecule has 1 nitrogen and oxygen atoms in total. The Morgan fingerprint density at radius 3 is 2.87 bits per heavy atom. The number of fused-ring (bicyclic) bond motifs is 1. The number of hydrogen-bond donors (Lipinski definition) is 0. The van der Waals surface area contributed by atoms with Gasteiger partial charge in [-0.2, -0.15) is 0 Å². The average Bonchev–Trinajstić information content (AvgIpc) is 2.95. The van der Waals surface area contributed by atoms with Gasteiger partial charge in [0.1, 0.15) is 0 Å². The van der Waals surface area contributed by atoms with Crippen molar-refractivity contribution in [2.24, 2.45) is 5.92 Å². The van der Waals surface area contributed by atoms with E-state index in [1.807, 2.05) is 18.2 Å². The molecule has 1 fully saturated rings. The van der Waals surface area contributed by atoms with Crippen molar-refractivity contribution < 1.29 is 4.79 Å². The van der Waals surface area contributed by atoms with Gasteiger partial charge in [-0.15, -0.1) is 11.3 Å². The molecule has 3 rings (SSSR count). The Kier molecular flexibility index (Phi) is 2.10. The second kappa shape index (κ2) is 3.46. The van der Waals surface area contributed by atoms with Crippen LogP contribution in [0.15, 0.2) is 30.3 Å². The molecule has 0 radical (unpaired) electrons. The first kappa shape index (κ1) is 9.10. The van der Waals surface area contributed by atoms with Gasteiger partial charge in [-0.3, -0.25) is 4.79 Å². The summed E-state index contributed by atoms with van der Waals surface area (Å²) in [7, 11) is 0. The number of benzene rings is 1. The molecule has 15 heavy (non-hydrogen) atoms. The van der Waals surface area contributed by atoms with Gasteiger partial charge in [0, 0.05) is 11.1 Å². The second-order valence-electron chi connectivity index (χ2n) is 4.22. The average molecular weight is 216 g/mol. The molecule has 0 N–H and O–H groups in total. The molecule has 1 aliphatic carbocycles. The lowest BCUT2D eigenvalue weighted by Crippen LogP contribution is -1.96. The van der Waals surface area contributed by atoms with Crippen molar-refractivity contribution in [1.82, 2.24) is 0 Å². The van der Waals surface area contributed by atoms with Crippen LogP contribution in [0, 0.1) is 5.92 Å². The highest BCUT2D eigenvalue weighted by atomic mass is 32.1. The maximum absolute atomic E-state index is 11.9. The third kappa shape index (κ3) is 1.82. The summed E-state index contributed by atoms with van der Waals surface area (Å²) in [5.74, 6) is 1.02. The van der Waals surface area contributed by atoms with Gasteiger partial charge in [0.2, 0.25) is 0 Å². The van der Waals surface area contributed by atoms with Gasteiger partial charge >= 0.3 is 0 Å². The van der Waals surface area contributed by atoms with Gasteiger partial charge in [-0.05, 0) is 36.3 Å². The van der Waals surface area contributed by atoms with Gasteiger partial charge in [0.25, 0.3) is 0 Å². The second-order valence-corrected chi connectivity index (χ2v) is 5.30. The van der Waals surface area contributed by atoms with Crippen LogP contribution < -0.4 is 0 Å². The molecule has 0 bridgehead atoms. The minimum atomic E-state index is 0.332. The quantitative estimate of drug-likeness (QED) is 0.711. The van der Waals surface area contributed by atoms with Crippen LogP contribution in [-0.4, -0.2) is 5.78 Å². The van der Waals surface area contributed by atoms with Crippen molar-refractivity contribution in [3.8, 4) is 0 Å². The smallest absolute Gasteiger partial charge is 0.173 e. The molecule has 1 saturated carbocycles. The van der Waals surface area contributed by atoms with E-state index in [9.17, 15) is 4.79 Å². The van der Waals surface area contributed by atoms with E-state index >= 15 is 0 Å². The Balaban J connectivity index is 1.92. The van der Waals surface area contributed by atoms with Gasteiger partial charge in [0.05, 0.1) is 4.88 Å². The van der Waals surface area contributed by atoms with Crippen LogP contribution >= 0.6 is 11.3 Å². The third-order valence-electron chi connectivity index (χ3n) is 2.87. The highest BCUT2D eigenvalue weighted by Crippen LogP contribution is 2.35. The summed E-state index contributed by atoms with van der Waals surface area (Å²) in [6.07, 6.45) is 3.25. The molecule has 2 heteroatoms. The Morgan fingerprint density at radius 2 is 2.13 bits per heavy atom. The summed E-state index contributed by atoms with van der Waals surface area (Å²) >= 11 is 1.63. The maximum atomic E-state index is 11.9. The summed E-state index contributed by atoms with van der Waals surface area (Å²) in [6.45, 7) is 0. The van der Waals surface area contributed by atoms with Crippen molar-refractivity contribution in [2.75, 3.05) is 0 Å². The van der Waals surface area contributed by atoms with Crippen molar-refractivity contribution in [2.45, 2.75) is 19.3 Å². The van der Waals surface area contributed by atoms with Gasteiger partial charge in [-0.1, -0.05) is 18.2 Å². The van der Waals surface area contributed by atoms with Crippen molar-refractivity contribution >= 4 is 27.2 Å². The van der Waals surface area contributed by atoms with Gasteiger partial charge in [-0.25, -0.2) is 0 Å². The molecule has 0 saturated heterocycles. The fourth-order valence-electron chi connectivity index (χ4n) is 1.80. The number of hydrogen-bond acceptors (Lipinski definition) is 2. The Labute approximate surface area is 92.7 Å². The number of Topliss-reactive ketones (excluding diaryl/α,β-unsaturated/α-hetero) is 1. The summed E-state index contributed by atoms with van der Waals surface area (Å²) in [5, 5.41) is 1.20. The number of carbonyl (C=O) groups excluding carboxylic acids is 1. The lowest BCUT2D eigenvalue weighted by molar-refractivity contribution is 0.0980. The Hall–Kier alpha value is -1.15. The predicted molar refractivity (Wildman–Crippen MR) is 63.5 cm³/mol. The van der Waals surface area contributed by atoms with E-state index < -0.39 is 0 Å². The van der Waals surface area contributed by atoms with E-state index in [1.54, 1.807) is 11.3 Å². The molecule has 1 aliphatic rings. The minimum Gasteiger partial charge on any atom is -0.293 e. The molecule has 0 spiro atoms. The molecular formula is C13H12OS. The SMILES string of the molecule is O=C(CC1CC1)c1cc2ccccc2s1. The number of ketones is 1. The fraction of sp³-hybridized carbons (Fsp3) is 0.308. The fourth-order valence-corrected chi connectivity index (χ4v) is 2.82. The molecule has 76 valence electrons.